The summed E-state index contributed by atoms with van der Waals surface area (Å²) in [4.78, 5) is 2.58. The van der Waals surface area contributed by atoms with E-state index in [1.54, 1.807) is 5.69 Å². The molecule has 3 aromatic rings. The van der Waals surface area contributed by atoms with Crippen molar-refractivity contribution in [2.24, 2.45) is 5.92 Å². The van der Waals surface area contributed by atoms with Gasteiger partial charge in [-0.05, 0) is 38.1 Å². The molecule has 2 heteroatoms. The van der Waals surface area contributed by atoms with Crippen LogP contribution in [0.2, 0.25) is 0 Å². The highest BCUT2D eigenvalue weighted by Crippen LogP contribution is 2.52. The topological polar surface area (TPSA) is 8.17 Å². The summed E-state index contributed by atoms with van der Waals surface area (Å²) in [6.07, 6.45) is 0. The minimum absolute atomic E-state index is 0.559. The van der Waals surface area contributed by atoms with E-state index >= 15 is 0 Å². The highest BCUT2D eigenvalue weighted by atomic mass is 15.2. The molecule has 2 aliphatic rings. The number of likely N-dealkylation sites (tertiary alicyclic amines) is 1. The van der Waals surface area contributed by atoms with E-state index in [1.807, 2.05) is 0 Å². The molecule has 1 saturated heterocycles. The Morgan fingerprint density at radius 2 is 1.67 bits per heavy atom. The normalized spacial score (nSPS) is 26.0. The Hall–Kier alpha value is -2.06. The lowest BCUT2D eigenvalue weighted by Gasteiger charge is -2.19. The fourth-order valence-corrected chi connectivity index (χ4v) is 5.20. The summed E-state index contributed by atoms with van der Waals surface area (Å²) in [7, 11) is 2.30. The van der Waals surface area contributed by atoms with Gasteiger partial charge in [-0.15, -0.1) is 0 Å². The van der Waals surface area contributed by atoms with Crippen LogP contribution in [0.4, 0.5) is 0 Å². The van der Waals surface area contributed by atoms with Crippen LogP contribution in [0, 0.1) is 19.8 Å². The molecule has 3 atom stereocenters. The van der Waals surface area contributed by atoms with Crippen LogP contribution in [0.1, 0.15) is 34.3 Å². The predicted molar refractivity (Wildman–Crippen MR) is 99.5 cm³/mol. The number of para-hydroxylation sites is 1. The number of nitrogens with zero attached hydrogens (tertiary/aromatic N) is 2. The number of rotatable bonds is 1. The van der Waals surface area contributed by atoms with Crippen LogP contribution < -0.4 is 0 Å². The summed E-state index contributed by atoms with van der Waals surface area (Å²) in [6, 6.07) is 18.7. The summed E-state index contributed by atoms with van der Waals surface area (Å²) in [6.45, 7) is 6.80. The molecule has 3 heterocycles. The molecule has 2 aliphatic heterocycles. The monoisotopic (exact) mass is 316 g/mol. The lowest BCUT2D eigenvalue weighted by Crippen LogP contribution is -2.19. The average molecular weight is 316 g/mol. The number of fused-ring (bicyclic) bond motifs is 5. The summed E-state index contributed by atoms with van der Waals surface area (Å²) in [5, 5.41) is 1.43. The van der Waals surface area contributed by atoms with Crippen molar-refractivity contribution in [3.05, 3.63) is 70.9 Å². The van der Waals surface area contributed by atoms with Crippen molar-refractivity contribution in [1.29, 1.82) is 0 Å². The van der Waals surface area contributed by atoms with Gasteiger partial charge in [0, 0.05) is 41.5 Å². The van der Waals surface area contributed by atoms with Crippen LogP contribution >= 0.6 is 0 Å². The molecule has 0 bridgehead atoms. The minimum atomic E-state index is 0.559. The fraction of sp³-hybridized carbons (Fsp3) is 0.364. The average Bonchev–Trinajstić information content (AvgIpc) is 3.20. The number of benzene rings is 2. The van der Waals surface area contributed by atoms with Crippen LogP contribution in [0.3, 0.4) is 0 Å². The molecule has 24 heavy (non-hydrogen) atoms. The van der Waals surface area contributed by atoms with Gasteiger partial charge >= 0.3 is 0 Å². The van der Waals surface area contributed by atoms with Gasteiger partial charge in [0.25, 0.3) is 0 Å². The third-order valence-electron chi connectivity index (χ3n) is 6.33. The molecule has 0 aliphatic carbocycles. The van der Waals surface area contributed by atoms with Crippen molar-refractivity contribution in [2.45, 2.75) is 32.4 Å². The Kier molecular flexibility index (Phi) is 2.96. The first kappa shape index (κ1) is 14.3. The van der Waals surface area contributed by atoms with E-state index in [0.717, 1.165) is 6.54 Å². The molecular formula is C22H24N2. The van der Waals surface area contributed by atoms with Crippen molar-refractivity contribution in [2.75, 3.05) is 13.6 Å². The summed E-state index contributed by atoms with van der Waals surface area (Å²) < 4.78 is 2.59. The van der Waals surface area contributed by atoms with Crippen LogP contribution in [-0.4, -0.2) is 23.1 Å². The molecule has 0 N–H and O–H groups in total. The van der Waals surface area contributed by atoms with Crippen LogP contribution in [0.5, 0.6) is 0 Å². The molecule has 0 saturated carbocycles. The van der Waals surface area contributed by atoms with Crippen molar-refractivity contribution >= 4 is 10.9 Å². The molecule has 0 radical (unpaired) electrons. The maximum Gasteiger partial charge on any atom is 0.0552 e. The van der Waals surface area contributed by atoms with Crippen molar-refractivity contribution < 1.29 is 0 Å². The van der Waals surface area contributed by atoms with Crippen LogP contribution in [-0.2, 0) is 6.54 Å². The SMILES string of the molecule is Cc1ccc(C2CN(C)C3c4c(C)c5ccccc5n4CC23)cc1. The van der Waals surface area contributed by atoms with Gasteiger partial charge in [0.15, 0.2) is 0 Å². The summed E-state index contributed by atoms with van der Waals surface area (Å²) in [5.41, 5.74) is 7.30. The number of aryl methyl sites for hydroxylation is 2. The largest absolute Gasteiger partial charge is 0.342 e. The van der Waals surface area contributed by atoms with E-state index < -0.39 is 0 Å². The maximum absolute atomic E-state index is 2.59. The lowest BCUT2D eigenvalue weighted by molar-refractivity contribution is 0.292. The number of aromatic nitrogens is 1. The quantitative estimate of drug-likeness (QED) is 0.634. The fourth-order valence-electron chi connectivity index (χ4n) is 5.20. The van der Waals surface area contributed by atoms with Gasteiger partial charge < -0.3 is 4.57 Å². The van der Waals surface area contributed by atoms with Crippen LogP contribution in [0.15, 0.2) is 48.5 Å². The van der Waals surface area contributed by atoms with E-state index in [4.69, 9.17) is 0 Å². The second-order valence-corrected chi connectivity index (χ2v) is 7.70. The number of likely N-dealkylation sites (N-methyl/N-ethyl adjacent to an activating group) is 1. The molecule has 122 valence electrons. The Morgan fingerprint density at radius 3 is 2.46 bits per heavy atom. The van der Waals surface area contributed by atoms with E-state index in [1.165, 1.54) is 34.1 Å². The Bertz CT molecular complexity index is 919. The third kappa shape index (κ3) is 1.81. The van der Waals surface area contributed by atoms with Gasteiger partial charge in [-0.25, -0.2) is 0 Å². The van der Waals surface area contributed by atoms with Gasteiger partial charge in [0.2, 0.25) is 0 Å². The Morgan fingerprint density at radius 1 is 0.917 bits per heavy atom. The van der Waals surface area contributed by atoms with Crippen molar-refractivity contribution in [1.82, 2.24) is 9.47 Å². The molecule has 5 rings (SSSR count). The molecule has 3 unspecified atom stereocenters. The van der Waals surface area contributed by atoms with Gasteiger partial charge in [0.05, 0.1) is 6.04 Å². The molecule has 0 amide bonds. The Labute approximate surface area is 143 Å². The van der Waals surface area contributed by atoms with Gasteiger partial charge in [-0.2, -0.15) is 0 Å². The molecule has 2 aromatic carbocycles. The van der Waals surface area contributed by atoms with Gasteiger partial charge in [-0.3, -0.25) is 4.90 Å². The second kappa shape index (κ2) is 4.97. The Balaban J connectivity index is 1.62. The highest BCUT2D eigenvalue weighted by Gasteiger charge is 2.47. The lowest BCUT2D eigenvalue weighted by atomic mass is 9.85. The van der Waals surface area contributed by atoms with E-state index in [-0.39, 0.29) is 0 Å². The minimum Gasteiger partial charge on any atom is -0.342 e. The van der Waals surface area contributed by atoms with Crippen LogP contribution in [0.25, 0.3) is 10.9 Å². The molecule has 0 spiro atoms. The molecule has 1 aromatic heterocycles. The van der Waals surface area contributed by atoms with Gasteiger partial charge in [-0.1, -0.05) is 48.0 Å². The zero-order valence-corrected chi connectivity index (χ0v) is 14.7. The second-order valence-electron chi connectivity index (χ2n) is 7.70. The van der Waals surface area contributed by atoms with E-state index in [9.17, 15) is 0 Å². The molecule has 2 nitrogen and oxygen atoms in total. The smallest absolute Gasteiger partial charge is 0.0552 e. The zero-order valence-electron chi connectivity index (χ0n) is 14.7. The predicted octanol–water partition coefficient (Wildman–Crippen LogP) is 4.66. The zero-order chi connectivity index (χ0) is 16.4. The maximum atomic E-state index is 2.59. The number of hydrogen-bond acceptors (Lipinski definition) is 1. The third-order valence-corrected chi connectivity index (χ3v) is 6.33. The van der Waals surface area contributed by atoms with Gasteiger partial charge in [0.1, 0.15) is 0 Å². The van der Waals surface area contributed by atoms with Crippen molar-refractivity contribution in [3.63, 3.8) is 0 Å². The first-order valence-electron chi connectivity index (χ1n) is 8.99. The number of hydrogen-bond donors (Lipinski definition) is 0. The summed E-state index contributed by atoms with van der Waals surface area (Å²) in [5.74, 6) is 1.33. The first-order valence-corrected chi connectivity index (χ1v) is 8.99. The molecule has 1 fully saturated rings. The summed E-state index contributed by atoms with van der Waals surface area (Å²) >= 11 is 0. The van der Waals surface area contributed by atoms with E-state index in [2.05, 4.69) is 78.9 Å². The molecular weight excluding hydrogens is 292 g/mol. The highest BCUT2D eigenvalue weighted by molar-refractivity contribution is 5.86. The standard InChI is InChI=1S/C22H24N2/c1-14-8-10-16(11-9-14)18-12-23(3)22-19(18)13-24-20-7-5-4-6-17(20)15(2)21(22)24/h4-11,18-19,22H,12-13H2,1-3H3. The first-order chi connectivity index (χ1) is 11.6. The van der Waals surface area contributed by atoms with Crippen molar-refractivity contribution in [3.8, 4) is 0 Å². The van der Waals surface area contributed by atoms with E-state index in [0.29, 0.717) is 17.9 Å².